The maximum atomic E-state index is 13.7. The zero-order chi connectivity index (χ0) is 15.2. The van der Waals surface area contributed by atoms with Crippen LogP contribution in [0.3, 0.4) is 0 Å². The number of carbonyl (C=O) groups is 1. The highest BCUT2D eigenvalue weighted by Crippen LogP contribution is 2.18. The summed E-state index contributed by atoms with van der Waals surface area (Å²) in [5, 5.41) is 3.34. The van der Waals surface area contributed by atoms with Crippen molar-refractivity contribution in [2.45, 2.75) is 12.6 Å². The second-order valence-electron chi connectivity index (χ2n) is 4.48. The Bertz CT molecular complexity index is 619. The first-order chi connectivity index (χ1) is 10.1. The van der Waals surface area contributed by atoms with E-state index in [9.17, 15) is 9.18 Å². The summed E-state index contributed by atoms with van der Waals surface area (Å²) >= 11 is 5.71. The Kier molecular flexibility index (Phi) is 5.31. The molecule has 3 nitrogen and oxygen atoms in total. The van der Waals surface area contributed by atoms with E-state index in [-0.39, 0.29) is 6.54 Å². The van der Waals surface area contributed by atoms with E-state index in [0.717, 1.165) is 5.56 Å². The quantitative estimate of drug-likeness (QED) is 0.859. The fraction of sp³-hybridized carbons (Fsp3) is 0.188. The van der Waals surface area contributed by atoms with Crippen LogP contribution in [0.1, 0.15) is 17.2 Å². The van der Waals surface area contributed by atoms with Gasteiger partial charge in [-0.3, -0.25) is 5.32 Å². The lowest BCUT2D eigenvalue weighted by molar-refractivity contribution is -0.143. The molecule has 0 aliphatic heterocycles. The third-order valence-electron chi connectivity index (χ3n) is 3.08. The number of esters is 1. The number of rotatable bonds is 5. The lowest BCUT2D eigenvalue weighted by atomic mass is 10.1. The van der Waals surface area contributed by atoms with Gasteiger partial charge in [0.05, 0.1) is 7.11 Å². The molecule has 0 heterocycles. The summed E-state index contributed by atoms with van der Waals surface area (Å²) in [6.07, 6.45) is 0. The predicted octanol–water partition coefficient (Wildman–Crippen LogP) is 3.48. The van der Waals surface area contributed by atoms with Gasteiger partial charge in [0.2, 0.25) is 0 Å². The third-order valence-corrected chi connectivity index (χ3v) is 3.32. The van der Waals surface area contributed by atoms with Crippen LogP contribution in [0.15, 0.2) is 48.5 Å². The molecular formula is C16H15ClFNO2. The summed E-state index contributed by atoms with van der Waals surface area (Å²) in [6, 6.07) is 12.9. The zero-order valence-electron chi connectivity index (χ0n) is 11.5. The lowest BCUT2D eigenvalue weighted by Gasteiger charge is -2.17. The second-order valence-corrected chi connectivity index (χ2v) is 4.92. The standard InChI is InChI=1S/C16H15ClFNO2/c1-21-16(20)15(11-5-3-2-4-6-11)19-10-12-7-8-13(17)9-14(12)18/h2-9,15,19H,10H2,1H3. The number of carbonyl (C=O) groups excluding carboxylic acids is 1. The van der Waals surface area contributed by atoms with E-state index in [4.69, 9.17) is 16.3 Å². The van der Waals surface area contributed by atoms with Gasteiger partial charge in [-0.25, -0.2) is 9.18 Å². The monoisotopic (exact) mass is 307 g/mol. The molecule has 0 aliphatic carbocycles. The summed E-state index contributed by atoms with van der Waals surface area (Å²) in [4.78, 5) is 11.9. The predicted molar refractivity (Wildman–Crippen MR) is 79.4 cm³/mol. The summed E-state index contributed by atoms with van der Waals surface area (Å²) in [5.41, 5.74) is 1.20. The molecule has 0 spiro atoms. The third kappa shape index (κ3) is 4.03. The average molecular weight is 308 g/mol. The molecule has 0 amide bonds. The smallest absolute Gasteiger partial charge is 0.327 e. The molecular weight excluding hydrogens is 293 g/mol. The fourth-order valence-corrected chi connectivity index (χ4v) is 2.14. The molecule has 2 rings (SSSR count). The van der Waals surface area contributed by atoms with E-state index in [1.165, 1.54) is 13.2 Å². The summed E-state index contributed by atoms with van der Waals surface area (Å²) in [7, 11) is 1.32. The second kappa shape index (κ2) is 7.20. The van der Waals surface area contributed by atoms with Crippen molar-refractivity contribution in [3.05, 3.63) is 70.5 Å². The SMILES string of the molecule is COC(=O)C(NCc1ccc(Cl)cc1F)c1ccccc1. The largest absolute Gasteiger partial charge is 0.468 e. The van der Waals surface area contributed by atoms with E-state index in [1.807, 2.05) is 30.3 Å². The highest BCUT2D eigenvalue weighted by atomic mass is 35.5. The fourth-order valence-electron chi connectivity index (χ4n) is 1.98. The molecule has 1 N–H and O–H groups in total. The van der Waals surface area contributed by atoms with E-state index in [0.29, 0.717) is 10.6 Å². The van der Waals surface area contributed by atoms with Gasteiger partial charge in [-0.05, 0) is 17.7 Å². The van der Waals surface area contributed by atoms with Crippen LogP contribution < -0.4 is 5.32 Å². The van der Waals surface area contributed by atoms with Crippen molar-refractivity contribution >= 4 is 17.6 Å². The Balaban J connectivity index is 2.15. The molecule has 5 heteroatoms. The molecule has 0 saturated heterocycles. The van der Waals surface area contributed by atoms with Gasteiger partial charge < -0.3 is 4.74 Å². The Hall–Kier alpha value is -1.91. The van der Waals surface area contributed by atoms with E-state index >= 15 is 0 Å². The minimum absolute atomic E-state index is 0.192. The van der Waals surface area contributed by atoms with Crippen LogP contribution in [0.4, 0.5) is 4.39 Å². The van der Waals surface area contributed by atoms with Crippen LogP contribution in [-0.4, -0.2) is 13.1 Å². The van der Waals surface area contributed by atoms with E-state index in [2.05, 4.69) is 5.32 Å². The van der Waals surface area contributed by atoms with Crippen LogP contribution >= 0.6 is 11.6 Å². The molecule has 21 heavy (non-hydrogen) atoms. The molecule has 0 fully saturated rings. The van der Waals surface area contributed by atoms with Crippen LogP contribution in [0.2, 0.25) is 5.02 Å². The Morgan fingerprint density at radius 1 is 1.29 bits per heavy atom. The van der Waals surface area contributed by atoms with Gasteiger partial charge in [0, 0.05) is 17.1 Å². The number of ether oxygens (including phenoxy) is 1. The van der Waals surface area contributed by atoms with E-state index in [1.54, 1.807) is 12.1 Å². The van der Waals surface area contributed by atoms with Gasteiger partial charge in [-0.1, -0.05) is 48.0 Å². The number of hydrogen-bond donors (Lipinski definition) is 1. The van der Waals surface area contributed by atoms with Crippen molar-refractivity contribution in [2.24, 2.45) is 0 Å². The molecule has 0 aliphatic rings. The van der Waals surface area contributed by atoms with E-state index < -0.39 is 17.8 Å². The van der Waals surface area contributed by atoms with Crippen molar-refractivity contribution < 1.29 is 13.9 Å². The molecule has 1 unspecified atom stereocenters. The van der Waals surface area contributed by atoms with Gasteiger partial charge in [0.15, 0.2) is 0 Å². The number of hydrogen-bond acceptors (Lipinski definition) is 3. The van der Waals surface area contributed by atoms with Crippen LogP contribution in [0.5, 0.6) is 0 Å². The molecule has 0 saturated carbocycles. The normalized spacial score (nSPS) is 12.0. The molecule has 110 valence electrons. The number of benzene rings is 2. The first kappa shape index (κ1) is 15.5. The zero-order valence-corrected chi connectivity index (χ0v) is 12.2. The van der Waals surface area contributed by atoms with Crippen LogP contribution in [-0.2, 0) is 16.1 Å². The molecule has 0 bridgehead atoms. The summed E-state index contributed by atoms with van der Waals surface area (Å²) in [6.45, 7) is 0.192. The van der Waals surface area contributed by atoms with Crippen molar-refractivity contribution in [2.75, 3.05) is 7.11 Å². The molecule has 1 atom stereocenters. The Labute approximate surface area is 127 Å². The van der Waals surface area contributed by atoms with Gasteiger partial charge >= 0.3 is 5.97 Å². The minimum atomic E-state index is -0.647. The van der Waals surface area contributed by atoms with Gasteiger partial charge in [0.25, 0.3) is 0 Å². The van der Waals surface area contributed by atoms with Crippen LogP contribution in [0, 0.1) is 5.82 Å². The average Bonchev–Trinajstić information content (AvgIpc) is 2.50. The summed E-state index contributed by atoms with van der Waals surface area (Å²) in [5.74, 6) is -0.831. The van der Waals surface area contributed by atoms with Crippen molar-refractivity contribution in [1.29, 1.82) is 0 Å². The number of nitrogens with one attached hydrogen (secondary N) is 1. The van der Waals surface area contributed by atoms with Gasteiger partial charge in [-0.2, -0.15) is 0 Å². The van der Waals surface area contributed by atoms with Crippen molar-refractivity contribution in [3.63, 3.8) is 0 Å². The topological polar surface area (TPSA) is 38.3 Å². The maximum Gasteiger partial charge on any atom is 0.327 e. The first-order valence-electron chi connectivity index (χ1n) is 6.42. The first-order valence-corrected chi connectivity index (χ1v) is 6.79. The number of methoxy groups -OCH3 is 1. The Morgan fingerprint density at radius 3 is 2.62 bits per heavy atom. The lowest BCUT2D eigenvalue weighted by Crippen LogP contribution is -2.29. The van der Waals surface area contributed by atoms with Crippen LogP contribution in [0.25, 0.3) is 0 Å². The van der Waals surface area contributed by atoms with Gasteiger partial charge in [0.1, 0.15) is 11.9 Å². The Morgan fingerprint density at radius 2 is 2.00 bits per heavy atom. The summed E-state index contributed by atoms with van der Waals surface area (Å²) < 4.78 is 18.5. The van der Waals surface area contributed by atoms with Gasteiger partial charge in [-0.15, -0.1) is 0 Å². The maximum absolute atomic E-state index is 13.7. The highest BCUT2D eigenvalue weighted by molar-refractivity contribution is 6.30. The number of halogens is 2. The van der Waals surface area contributed by atoms with Crippen molar-refractivity contribution in [1.82, 2.24) is 5.32 Å². The molecule has 2 aromatic carbocycles. The minimum Gasteiger partial charge on any atom is -0.468 e. The molecule has 0 aromatic heterocycles. The molecule has 2 aromatic rings. The highest BCUT2D eigenvalue weighted by Gasteiger charge is 2.20. The molecule has 0 radical (unpaired) electrons. The van der Waals surface area contributed by atoms with Crippen molar-refractivity contribution in [3.8, 4) is 0 Å².